The van der Waals surface area contributed by atoms with Crippen molar-refractivity contribution in [1.29, 1.82) is 0 Å². The third-order valence-corrected chi connectivity index (χ3v) is 8.60. The molecule has 12 heteroatoms. The Balaban J connectivity index is 1.46. The van der Waals surface area contributed by atoms with Crippen LogP contribution < -0.4 is 9.47 Å². The van der Waals surface area contributed by atoms with Crippen molar-refractivity contribution in [3.8, 4) is 22.5 Å². The van der Waals surface area contributed by atoms with Gasteiger partial charge in [-0.25, -0.2) is 19.7 Å². The van der Waals surface area contributed by atoms with Crippen LogP contribution in [0.3, 0.4) is 0 Å². The predicted molar refractivity (Wildman–Crippen MR) is 156 cm³/mol. The van der Waals surface area contributed by atoms with E-state index in [1.54, 1.807) is 38.3 Å². The molecule has 2 aliphatic carbocycles. The number of imide groups is 1. The SMILES string of the molecule is C=CC1CC1N(C(=O)OCC)C(=O)C1CC(Oc2nc(-c3nc(C(C)C)cs3)nc3cc(OC)ccc23)CC1C(=O)O. The molecule has 0 saturated heterocycles. The number of amides is 2. The summed E-state index contributed by atoms with van der Waals surface area (Å²) in [6, 6.07) is 4.93. The lowest BCUT2D eigenvalue weighted by atomic mass is 9.94. The van der Waals surface area contributed by atoms with Crippen molar-refractivity contribution in [3.05, 3.63) is 41.9 Å². The lowest BCUT2D eigenvalue weighted by molar-refractivity contribution is -0.148. The minimum absolute atomic E-state index is 0.0417. The van der Waals surface area contributed by atoms with E-state index in [0.29, 0.717) is 33.9 Å². The van der Waals surface area contributed by atoms with E-state index in [1.807, 2.05) is 5.38 Å². The van der Waals surface area contributed by atoms with E-state index < -0.39 is 35.9 Å². The highest BCUT2D eigenvalue weighted by Crippen LogP contribution is 2.42. The summed E-state index contributed by atoms with van der Waals surface area (Å²) in [5, 5.41) is 13.3. The van der Waals surface area contributed by atoms with Gasteiger partial charge in [-0.1, -0.05) is 19.9 Å². The number of carbonyl (C=O) groups excluding carboxylic acids is 2. The summed E-state index contributed by atoms with van der Waals surface area (Å²) in [4.78, 5) is 54.0. The first-order valence-electron chi connectivity index (χ1n) is 14.0. The highest BCUT2D eigenvalue weighted by molar-refractivity contribution is 7.13. The fourth-order valence-corrected chi connectivity index (χ4v) is 6.26. The first kappa shape index (κ1) is 29.4. The molecule has 0 bridgehead atoms. The quantitative estimate of drug-likeness (QED) is 0.307. The van der Waals surface area contributed by atoms with Crippen molar-refractivity contribution >= 4 is 40.2 Å². The second-order valence-electron chi connectivity index (χ2n) is 10.8. The third kappa shape index (κ3) is 5.80. The fraction of sp³-hybridized carbons (Fsp3) is 0.467. The van der Waals surface area contributed by atoms with Crippen molar-refractivity contribution in [3.63, 3.8) is 0 Å². The van der Waals surface area contributed by atoms with Crippen molar-refractivity contribution in [2.75, 3.05) is 13.7 Å². The molecule has 3 aromatic rings. The number of aliphatic carboxylic acids is 1. The Morgan fingerprint density at radius 3 is 2.55 bits per heavy atom. The van der Waals surface area contributed by atoms with Crippen molar-refractivity contribution in [2.45, 2.75) is 58.1 Å². The van der Waals surface area contributed by atoms with Gasteiger partial charge in [-0.15, -0.1) is 17.9 Å². The Kier molecular flexibility index (Phi) is 8.44. The van der Waals surface area contributed by atoms with Crippen LogP contribution in [0.2, 0.25) is 0 Å². The zero-order valence-corrected chi connectivity index (χ0v) is 24.8. The maximum absolute atomic E-state index is 13.7. The number of carboxylic acid groups (broad SMARTS) is 1. The van der Waals surface area contributed by atoms with Gasteiger partial charge in [0.2, 0.25) is 11.8 Å². The van der Waals surface area contributed by atoms with Gasteiger partial charge in [-0.05, 0) is 50.2 Å². The zero-order chi connectivity index (χ0) is 30.1. The van der Waals surface area contributed by atoms with Crippen LogP contribution in [0.25, 0.3) is 21.7 Å². The largest absolute Gasteiger partial charge is 0.497 e. The molecule has 0 aliphatic heterocycles. The molecule has 2 aromatic heterocycles. The molecule has 5 unspecified atom stereocenters. The molecular formula is C30H34N4O7S. The maximum Gasteiger partial charge on any atom is 0.416 e. The van der Waals surface area contributed by atoms with Gasteiger partial charge in [0.05, 0.1) is 48.2 Å². The van der Waals surface area contributed by atoms with Gasteiger partial charge in [-0.2, -0.15) is 4.98 Å². The zero-order valence-electron chi connectivity index (χ0n) is 24.0. The van der Waals surface area contributed by atoms with Gasteiger partial charge in [0.1, 0.15) is 11.9 Å². The number of ether oxygens (including phenoxy) is 3. The molecule has 2 amide bonds. The fourth-order valence-electron chi connectivity index (χ4n) is 5.35. The van der Waals surface area contributed by atoms with Crippen LogP contribution in [-0.4, -0.2) is 68.8 Å². The first-order chi connectivity index (χ1) is 20.1. The molecule has 2 fully saturated rings. The normalized spacial score (nSPS) is 23.0. The topological polar surface area (TPSA) is 141 Å². The van der Waals surface area contributed by atoms with E-state index in [2.05, 4.69) is 25.4 Å². The summed E-state index contributed by atoms with van der Waals surface area (Å²) in [7, 11) is 1.57. The Bertz CT molecular complexity index is 1520. The standard InChI is InChI=1S/C30H34N4O7S/c1-6-16-10-24(16)34(30(38)40-7-2)28(35)20-11-18(12-21(20)29(36)37)41-26-19-9-8-17(39-5)13-22(19)31-25(33-26)27-32-23(14-42-27)15(3)4/h6,8-9,13-16,18,20-21,24H,1,7,10-12H2,2-5H3,(H,36,37). The number of fused-ring (bicyclic) bond motifs is 1. The molecule has 11 nitrogen and oxygen atoms in total. The van der Waals surface area contributed by atoms with E-state index in [9.17, 15) is 19.5 Å². The molecule has 1 N–H and O–H groups in total. The predicted octanol–water partition coefficient (Wildman–Crippen LogP) is 5.30. The number of aromatic nitrogens is 3. The number of benzene rings is 1. The van der Waals surface area contributed by atoms with E-state index >= 15 is 0 Å². The van der Waals surface area contributed by atoms with Crippen LogP contribution in [0.4, 0.5) is 4.79 Å². The van der Waals surface area contributed by atoms with Gasteiger partial charge in [0.15, 0.2) is 10.8 Å². The number of hydrogen-bond donors (Lipinski definition) is 1. The smallest absolute Gasteiger partial charge is 0.416 e. The van der Waals surface area contributed by atoms with Crippen molar-refractivity contribution < 1.29 is 33.7 Å². The number of carbonyl (C=O) groups is 3. The summed E-state index contributed by atoms with van der Waals surface area (Å²) in [5.74, 6) is -2.26. The Morgan fingerprint density at radius 2 is 1.93 bits per heavy atom. The monoisotopic (exact) mass is 594 g/mol. The van der Waals surface area contributed by atoms with E-state index in [0.717, 1.165) is 10.6 Å². The molecule has 0 spiro atoms. The summed E-state index contributed by atoms with van der Waals surface area (Å²) in [6.45, 7) is 9.63. The lowest BCUT2D eigenvalue weighted by Crippen LogP contribution is -2.45. The molecule has 222 valence electrons. The first-order valence-corrected chi connectivity index (χ1v) is 14.9. The Labute approximate surface area is 247 Å². The summed E-state index contributed by atoms with van der Waals surface area (Å²) < 4.78 is 16.9. The summed E-state index contributed by atoms with van der Waals surface area (Å²) >= 11 is 1.43. The Hall–Kier alpha value is -4.06. The number of nitrogens with zero attached hydrogens (tertiary/aromatic N) is 4. The number of carboxylic acids is 1. The van der Waals surface area contributed by atoms with E-state index in [1.165, 1.54) is 11.3 Å². The van der Waals surface area contributed by atoms with Gasteiger partial charge in [-0.3, -0.25) is 9.59 Å². The van der Waals surface area contributed by atoms with Crippen molar-refractivity contribution in [2.24, 2.45) is 17.8 Å². The van der Waals surface area contributed by atoms with Gasteiger partial charge < -0.3 is 19.3 Å². The van der Waals surface area contributed by atoms with E-state index in [-0.39, 0.29) is 43.2 Å². The number of thiazole rings is 1. The third-order valence-electron chi connectivity index (χ3n) is 7.75. The van der Waals surface area contributed by atoms with Crippen LogP contribution in [0.1, 0.15) is 51.6 Å². The summed E-state index contributed by atoms with van der Waals surface area (Å²) in [6.07, 6.45) is 1.03. The summed E-state index contributed by atoms with van der Waals surface area (Å²) in [5.41, 5.74) is 1.50. The van der Waals surface area contributed by atoms with Crippen LogP contribution in [0.15, 0.2) is 36.2 Å². The molecule has 5 rings (SSSR count). The van der Waals surface area contributed by atoms with Gasteiger partial charge >= 0.3 is 12.1 Å². The van der Waals surface area contributed by atoms with Gasteiger partial charge in [0, 0.05) is 11.4 Å². The minimum atomic E-state index is -1.12. The number of methoxy groups -OCH3 is 1. The Morgan fingerprint density at radius 1 is 1.17 bits per heavy atom. The molecule has 2 aliphatic rings. The second kappa shape index (κ2) is 12.0. The van der Waals surface area contributed by atoms with Crippen molar-refractivity contribution in [1.82, 2.24) is 19.9 Å². The average Bonchev–Trinajstić information content (AvgIpc) is 3.34. The van der Waals surface area contributed by atoms with Crippen LogP contribution >= 0.6 is 11.3 Å². The van der Waals surface area contributed by atoms with E-state index in [4.69, 9.17) is 24.2 Å². The average molecular weight is 595 g/mol. The van der Waals surface area contributed by atoms with Gasteiger partial charge in [0.25, 0.3) is 0 Å². The minimum Gasteiger partial charge on any atom is -0.497 e. The highest BCUT2D eigenvalue weighted by Gasteiger charge is 2.52. The maximum atomic E-state index is 13.7. The number of rotatable bonds is 10. The molecule has 5 atom stereocenters. The molecule has 0 radical (unpaired) electrons. The molecule has 2 saturated carbocycles. The van der Waals surface area contributed by atoms with Crippen LogP contribution in [0, 0.1) is 17.8 Å². The van der Waals surface area contributed by atoms with Crippen LogP contribution in [0.5, 0.6) is 11.6 Å². The second-order valence-corrected chi connectivity index (χ2v) is 11.7. The molecule has 1 aromatic carbocycles. The number of hydrogen-bond acceptors (Lipinski definition) is 10. The molecular weight excluding hydrogens is 560 g/mol. The lowest BCUT2D eigenvalue weighted by Gasteiger charge is -2.25. The van der Waals surface area contributed by atoms with Crippen LogP contribution in [-0.2, 0) is 14.3 Å². The molecule has 2 heterocycles. The highest BCUT2D eigenvalue weighted by atomic mass is 32.1. The molecule has 42 heavy (non-hydrogen) atoms.